The molecule has 0 aromatic heterocycles. The fourth-order valence-electron chi connectivity index (χ4n) is 2.60. The maximum atomic E-state index is 12.1. The second-order valence-electron chi connectivity index (χ2n) is 5.61. The van der Waals surface area contributed by atoms with Crippen molar-refractivity contribution in [3.05, 3.63) is 29.8 Å². The van der Waals surface area contributed by atoms with Crippen LogP contribution >= 0.6 is 0 Å². The van der Waals surface area contributed by atoms with E-state index in [1.165, 1.54) is 24.1 Å². The number of alkyl halides is 2. The normalized spacial score (nSPS) is 17.8. The number of nitrogens with zero attached hydrogens (tertiary/aromatic N) is 1. The van der Waals surface area contributed by atoms with E-state index in [9.17, 15) is 22.0 Å². The van der Waals surface area contributed by atoms with Crippen molar-refractivity contribution in [2.45, 2.75) is 24.7 Å². The van der Waals surface area contributed by atoms with Gasteiger partial charge in [0.2, 0.25) is 10.0 Å². The minimum atomic E-state index is -3.38. The zero-order valence-corrected chi connectivity index (χ0v) is 14.6. The Bertz CT molecular complexity index is 683. The molecule has 2 amide bonds. The van der Waals surface area contributed by atoms with E-state index in [1.54, 1.807) is 12.1 Å². The molecule has 0 saturated carbocycles. The summed E-state index contributed by atoms with van der Waals surface area (Å²) in [7, 11) is -2.02. The Morgan fingerprint density at radius 2 is 2.04 bits per heavy atom. The van der Waals surface area contributed by atoms with Crippen molar-refractivity contribution in [1.29, 1.82) is 0 Å². The smallest absolute Gasteiger partial charge is 0.387 e. The highest BCUT2D eigenvalue weighted by molar-refractivity contribution is 7.90. The minimum absolute atomic E-state index is 0.0802. The molecule has 1 aliphatic heterocycles. The fraction of sp³-hybridized carbons (Fsp3) is 0.533. The summed E-state index contributed by atoms with van der Waals surface area (Å²) in [5.41, 5.74) is 0.860. The Labute approximate surface area is 145 Å². The Morgan fingerprint density at radius 3 is 2.64 bits per heavy atom. The number of sulfonamides is 1. The van der Waals surface area contributed by atoms with Gasteiger partial charge in [0.15, 0.2) is 0 Å². The Morgan fingerprint density at radius 1 is 1.36 bits per heavy atom. The molecule has 1 saturated heterocycles. The van der Waals surface area contributed by atoms with E-state index in [0.717, 1.165) is 5.56 Å². The van der Waals surface area contributed by atoms with Crippen molar-refractivity contribution >= 4 is 16.1 Å². The van der Waals surface area contributed by atoms with Crippen molar-refractivity contribution in [2.24, 2.45) is 0 Å². The van der Waals surface area contributed by atoms with Crippen LogP contribution in [-0.4, -0.2) is 57.9 Å². The van der Waals surface area contributed by atoms with Crippen LogP contribution in [0.2, 0.25) is 0 Å². The highest BCUT2D eigenvalue weighted by Gasteiger charge is 2.34. The lowest BCUT2D eigenvalue weighted by Gasteiger charge is -2.17. The van der Waals surface area contributed by atoms with Crippen LogP contribution in [0.15, 0.2) is 24.3 Å². The van der Waals surface area contributed by atoms with Crippen LogP contribution in [0, 0.1) is 0 Å². The first-order valence-electron chi connectivity index (χ1n) is 7.80. The molecular formula is C15H21F2N3O4S. The molecule has 1 fully saturated rings. The number of rotatable bonds is 7. The summed E-state index contributed by atoms with van der Waals surface area (Å²) < 4.78 is 54.2. The average molecular weight is 377 g/mol. The SMILES string of the molecule is CNS(=O)(=O)C1CCN(C(=O)NCCc2ccc(OC(F)F)cc2)C1. The molecule has 140 valence electrons. The topological polar surface area (TPSA) is 87.7 Å². The van der Waals surface area contributed by atoms with Gasteiger partial charge in [0.25, 0.3) is 0 Å². The molecule has 10 heteroatoms. The van der Waals surface area contributed by atoms with E-state index in [0.29, 0.717) is 25.9 Å². The lowest BCUT2D eigenvalue weighted by Crippen LogP contribution is -2.41. The number of hydrogen-bond donors (Lipinski definition) is 2. The molecule has 1 heterocycles. The number of ether oxygens (including phenoxy) is 1. The van der Waals surface area contributed by atoms with Crippen molar-refractivity contribution in [3.63, 3.8) is 0 Å². The summed E-state index contributed by atoms with van der Waals surface area (Å²) >= 11 is 0. The maximum absolute atomic E-state index is 12.1. The summed E-state index contributed by atoms with van der Waals surface area (Å²) in [6.07, 6.45) is 0.926. The van der Waals surface area contributed by atoms with Crippen LogP contribution in [0.1, 0.15) is 12.0 Å². The summed E-state index contributed by atoms with van der Waals surface area (Å²) in [6.45, 7) is -1.96. The van der Waals surface area contributed by atoms with Gasteiger partial charge < -0.3 is 15.0 Å². The van der Waals surface area contributed by atoms with Gasteiger partial charge in [-0.05, 0) is 37.6 Å². The number of nitrogens with one attached hydrogen (secondary N) is 2. The predicted molar refractivity (Wildman–Crippen MR) is 88.1 cm³/mol. The van der Waals surface area contributed by atoms with E-state index < -0.39 is 21.9 Å². The standard InChI is InChI=1S/C15H21F2N3O4S/c1-18-25(22,23)13-7-9-20(10-13)15(21)19-8-6-11-2-4-12(5-3-11)24-14(16)17/h2-5,13-14,18H,6-10H2,1H3,(H,19,21). The molecule has 0 bridgehead atoms. The first-order valence-corrected chi connectivity index (χ1v) is 9.35. The summed E-state index contributed by atoms with van der Waals surface area (Å²) in [5, 5.41) is 2.14. The van der Waals surface area contributed by atoms with Gasteiger partial charge in [0.1, 0.15) is 5.75 Å². The molecule has 1 aromatic carbocycles. The number of carbonyl (C=O) groups is 1. The van der Waals surface area contributed by atoms with Crippen LogP contribution in [0.4, 0.5) is 13.6 Å². The van der Waals surface area contributed by atoms with Gasteiger partial charge in [-0.1, -0.05) is 12.1 Å². The summed E-state index contributed by atoms with van der Waals surface area (Å²) in [6, 6.07) is 5.87. The molecule has 0 radical (unpaired) electrons. The third kappa shape index (κ3) is 5.53. The van der Waals surface area contributed by atoms with Gasteiger partial charge in [-0.15, -0.1) is 0 Å². The zero-order valence-electron chi connectivity index (χ0n) is 13.7. The van der Waals surface area contributed by atoms with Gasteiger partial charge in [-0.25, -0.2) is 17.9 Å². The molecule has 1 unspecified atom stereocenters. The predicted octanol–water partition coefficient (Wildman–Crippen LogP) is 1.16. The first kappa shape index (κ1) is 19.4. The van der Waals surface area contributed by atoms with Gasteiger partial charge in [-0.3, -0.25) is 0 Å². The molecular weight excluding hydrogens is 356 g/mol. The quantitative estimate of drug-likeness (QED) is 0.747. The largest absolute Gasteiger partial charge is 0.435 e. The molecule has 1 atom stereocenters. The van der Waals surface area contributed by atoms with E-state index in [2.05, 4.69) is 14.8 Å². The Balaban J connectivity index is 1.76. The van der Waals surface area contributed by atoms with Crippen LogP contribution in [0.5, 0.6) is 5.75 Å². The van der Waals surface area contributed by atoms with Crippen molar-refractivity contribution in [2.75, 3.05) is 26.7 Å². The number of urea groups is 1. The Kier molecular flexibility index (Phi) is 6.54. The number of amides is 2. The average Bonchev–Trinajstić information content (AvgIpc) is 3.07. The number of halogens is 2. The van der Waals surface area contributed by atoms with Crippen molar-refractivity contribution < 1.29 is 26.7 Å². The number of benzene rings is 1. The van der Waals surface area contributed by atoms with Crippen LogP contribution < -0.4 is 14.8 Å². The molecule has 7 nitrogen and oxygen atoms in total. The lowest BCUT2D eigenvalue weighted by atomic mass is 10.1. The summed E-state index contributed by atoms with van der Waals surface area (Å²) in [4.78, 5) is 13.5. The van der Waals surface area contributed by atoms with E-state index in [1.807, 2.05) is 0 Å². The minimum Gasteiger partial charge on any atom is -0.435 e. The molecule has 1 aromatic rings. The van der Waals surface area contributed by atoms with Crippen molar-refractivity contribution in [1.82, 2.24) is 14.9 Å². The molecule has 1 aliphatic rings. The van der Waals surface area contributed by atoms with E-state index in [4.69, 9.17) is 0 Å². The van der Waals surface area contributed by atoms with E-state index in [-0.39, 0.29) is 18.3 Å². The van der Waals surface area contributed by atoms with Gasteiger partial charge in [0.05, 0.1) is 5.25 Å². The highest BCUT2D eigenvalue weighted by atomic mass is 32.2. The van der Waals surface area contributed by atoms with E-state index >= 15 is 0 Å². The van der Waals surface area contributed by atoms with Crippen molar-refractivity contribution in [3.8, 4) is 5.75 Å². The Hall–Kier alpha value is -1.94. The lowest BCUT2D eigenvalue weighted by molar-refractivity contribution is -0.0498. The molecule has 0 aliphatic carbocycles. The third-order valence-corrected chi connectivity index (χ3v) is 5.83. The molecule has 2 N–H and O–H groups in total. The number of likely N-dealkylation sites (tertiary alicyclic amines) is 1. The molecule has 25 heavy (non-hydrogen) atoms. The number of hydrogen-bond acceptors (Lipinski definition) is 4. The fourth-order valence-corrected chi connectivity index (χ4v) is 3.72. The highest BCUT2D eigenvalue weighted by Crippen LogP contribution is 2.16. The zero-order chi connectivity index (χ0) is 18.4. The second kappa shape index (κ2) is 8.43. The number of carbonyl (C=O) groups excluding carboxylic acids is 1. The van der Waals surface area contributed by atoms with Crippen LogP contribution in [-0.2, 0) is 16.4 Å². The first-order chi connectivity index (χ1) is 11.8. The van der Waals surface area contributed by atoms with Crippen LogP contribution in [0.3, 0.4) is 0 Å². The monoisotopic (exact) mass is 377 g/mol. The maximum Gasteiger partial charge on any atom is 0.387 e. The van der Waals surface area contributed by atoms with Gasteiger partial charge >= 0.3 is 12.6 Å². The molecule has 0 spiro atoms. The van der Waals surface area contributed by atoms with Gasteiger partial charge in [-0.2, -0.15) is 8.78 Å². The molecule has 2 rings (SSSR count). The second-order valence-corrected chi connectivity index (χ2v) is 7.78. The summed E-state index contributed by atoms with van der Waals surface area (Å²) in [5.74, 6) is 0.0802. The van der Waals surface area contributed by atoms with Crippen LogP contribution in [0.25, 0.3) is 0 Å². The van der Waals surface area contributed by atoms with Gasteiger partial charge in [0, 0.05) is 19.6 Å². The third-order valence-electron chi connectivity index (χ3n) is 3.99.